The van der Waals surface area contributed by atoms with Crippen LogP contribution >= 0.6 is 12.4 Å². The predicted molar refractivity (Wildman–Crippen MR) is 87.2 cm³/mol. The number of alkyl halides is 2. The lowest BCUT2D eigenvalue weighted by molar-refractivity contribution is -0.0501. The molecule has 1 aliphatic rings. The molecule has 4 nitrogen and oxygen atoms in total. The van der Waals surface area contributed by atoms with Gasteiger partial charge < -0.3 is 15.8 Å². The quantitative estimate of drug-likeness (QED) is 0.828. The molecule has 0 spiro atoms. The number of hydrogen-bond donors (Lipinski definition) is 2. The number of ether oxygens (including phenoxy) is 1. The Hall–Kier alpha value is -1.40. The first-order valence-corrected chi connectivity index (χ1v) is 7.66. The van der Waals surface area contributed by atoms with Gasteiger partial charge in [-0.1, -0.05) is 31.4 Å². The molecule has 1 aliphatic carbocycles. The van der Waals surface area contributed by atoms with Gasteiger partial charge in [0.2, 0.25) is 0 Å². The highest BCUT2D eigenvalue weighted by molar-refractivity contribution is 5.97. The molecule has 1 fully saturated rings. The van der Waals surface area contributed by atoms with Gasteiger partial charge in [-0.15, -0.1) is 12.4 Å². The number of carbonyl (C=O) groups excluding carboxylic acids is 1. The lowest BCUT2D eigenvalue weighted by Gasteiger charge is -2.30. The molecule has 2 rings (SSSR count). The molecule has 0 saturated heterocycles. The summed E-state index contributed by atoms with van der Waals surface area (Å²) in [5.74, 6) is -0.183. The van der Waals surface area contributed by atoms with Crippen molar-refractivity contribution in [2.75, 3.05) is 6.54 Å². The fraction of sp³-hybridized carbons (Fsp3) is 0.562. The highest BCUT2D eigenvalue weighted by Gasteiger charge is 2.25. The molecular weight excluding hydrogens is 326 g/mol. The minimum atomic E-state index is -2.96. The van der Waals surface area contributed by atoms with Gasteiger partial charge in [-0.25, -0.2) is 0 Å². The number of para-hydroxylation sites is 1. The van der Waals surface area contributed by atoms with Gasteiger partial charge in [-0.3, -0.25) is 4.79 Å². The van der Waals surface area contributed by atoms with Crippen LogP contribution in [0.4, 0.5) is 8.78 Å². The van der Waals surface area contributed by atoms with Crippen LogP contribution in [-0.4, -0.2) is 25.1 Å². The third kappa shape index (κ3) is 5.62. The molecule has 3 N–H and O–H groups in total. The summed E-state index contributed by atoms with van der Waals surface area (Å²) in [6.07, 6.45) is 5.58. The van der Waals surface area contributed by atoms with E-state index in [0.717, 1.165) is 25.7 Å². The Balaban J connectivity index is 0.00000264. The maximum atomic E-state index is 12.4. The molecular formula is C16H23ClF2N2O2. The zero-order chi connectivity index (χ0) is 15.9. The second-order valence-corrected chi connectivity index (χ2v) is 5.59. The van der Waals surface area contributed by atoms with Crippen molar-refractivity contribution >= 4 is 18.3 Å². The second kappa shape index (κ2) is 9.67. The average molecular weight is 349 g/mol. The normalized spacial score (nSPS) is 16.5. The summed E-state index contributed by atoms with van der Waals surface area (Å²) in [6, 6.07) is 5.87. The van der Waals surface area contributed by atoms with Crippen molar-refractivity contribution in [2.45, 2.75) is 44.8 Å². The standard InChI is InChI=1S/C16H22F2N2O2.ClH/c17-16(18)22-14-9-5-4-8-12(14)15(21)20-13(10-19)11-6-2-1-3-7-11;/h4-5,8-9,11,13,16H,1-3,6-7,10,19H2,(H,20,21);1H. The first kappa shape index (κ1) is 19.6. The average Bonchev–Trinajstić information content (AvgIpc) is 2.53. The number of rotatable bonds is 6. The molecule has 1 saturated carbocycles. The third-order valence-electron chi connectivity index (χ3n) is 4.14. The molecule has 23 heavy (non-hydrogen) atoms. The van der Waals surface area contributed by atoms with E-state index in [1.165, 1.54) is 18.6 Å². The Kier molecular flexibility index (Phi) is 8.26. The molecule has 0 aliphatic heterocycles. The van der Waals surface area contributed by atoms with Crippen LogP contribution in [0.2, 0.25) is 0 Å². The van der Waals surface area contributed by atoms with Crippen molar-refractivity contribution in [2.24, 2.45) is 11.7 Å². The molecule has 1 aromatic carbocycles. The van der Waals surface area contributed by atoms with E-state index in [0.29, 0.717) is 12.5 Å². The number of benzene rings is 1. The zero-order valence-electron chi connectivity index (χ0n) is 12.8. The summed E-state index contributed by atoms with van der Waals surface area (Å²) in [6.45, 7) is -2.62. The van der Waals surface area contributed by atoms with E-state index in [1.807, 2.05) is 0 Å². The molecule has 1 atom stereocenters. The Morgan fingerprint density at radius 2 is 1.91 bits per heavy atom. The van der Waals surface area contributed by atoms with E-state index in [9.17, 15) is 13.6 Å². The van der Waals surface area contributed by atoms with Crippen LogP contribution in [0.15, 0.2) is 24.3 Å². The first-order valence-electron chi connectivity index (χ1n) is 7.66. The van der Waals surface area contributed by atoms with E-state index in [4.69, 9.17) is 5.73 Å². The monoisotopic (exact) mass is 348 g/mol. The number of nitrogens with two attached hydrogens (primary N) is 1. The van der Waals surface area contributed by atoms with Gasteiger partial charge >= 0.3 is 6.61 Å². The van der Waals surface area contributed by atoms with Gasteiger partial charge in [0.1, 0.15) is 5.75 Å². The van der Waals surface area contributed by atoms with E-state index in [2.05, 4.69) is 10.1 Å². The number of halogens is 3. The van der Waals surface area contributed by atoms with Crippen LogP contribution < -0.4 is 15.8 Å². The van der Waals surface area contributed by atoms with Crippen molar-refractivity contribution in [3.05, 3.63) is 29.8 Å². The number of amides is 1. The molecule has 1 amide bonds. The molecule has 7 heteroatoms. The molecule has 1 unspecified atom stereocenters. The number of hydrogen-bond acceptors (Lipinski definition) is 3. The van der Waals surface area contributed by atoms with Crippen LogP contribution in [-0.2, 0) is 0 Å². The highest BCUT2D eigenvalue weighted by Crippen LogP contribution is 2.27. The summed E-state index contributed by atoms with van der Waals surface area (Å²) in [7, 11) is 0. The zero-order valence-corrected chi connectivity index (χ0v) is 13.7. The van der Waals surface area contributed by atoms with Crippen LogP contribution in [0.1, 0.15) is 42.5 Å². The first-order chi connectivity index (χ1) is 10.6. The molecule has 0 bridgehead atoms. The molecule has 0 aromatic heterocycles. The predicted octanol–water partition coefficient (Wildman–Crippen LogP) is 3.35. The largest absolute Gasteiger partial charge is 0.434 e. The topological polar surface area (TPSA) is 64.3 Å². The van der Waals surface area contributed by atoms with Gasteiger partial charge in [0, 0.05) is 12.6 Å². The summed E-state index contributed by atoms with van der Waals surface area (Å²) >= 11 is 0. The van der Waals surface area contributed by atoms with Crippen LogP contribution in [0, 0.1) is 5.92 Å². The van der Waals surface area contributed by atoms with Crippen molar-refractivity contribution in [3.63, 3.8) is 0 Å². The van der Waals surface area contributed by atoms with Gasteiger partial charge in [-0.05, 0) is 30.9 Å². The smallest absolute Gasteiger partial charge is 0.387 e. The third-order valence-corrected chi connectivity index (χ3v) is 4.14. The van der Waals surface area contributed by atoms with E-state index in [-0.39, 0.29) is 29.8 Å². The Bertz CT molecular complexity index is 497. The Labute approximate surface area is 141 Å². The van der Waals surface area contributed by atoms with E-state index in [1.54, 1.807) is 12.1 Å². The van der Waals surface area contributed by atoms with Crippen molar-refractivity contribution in [1.29, 1.82) is 0 Å². The molecule has 1 aromatic rings. The lowest BCUT2D eigenvalue weighted by Crippen LogP contribution is -2.46. The maximum Gasteiger partial charge on any atom is 0.387 e. The minimum Gasteiger partial charge on any atom is -0.434 e. The van der Waals surface area contributed by atoms with Gasteiger partial charge in [0.25, 0.3) is 5.91 Å². The maximum absolute atomic E-state index is 12.4. The molecule has 0 radical (unpaired) electrons. The summed E-state index contributed by atoms with van der Waals surface area (Å²) < 4.78 is 29.2. The van der Waals surface area contributed by atoms with Crippen molar-refractivity contribution < 1.29 is 18.3 Å². The van der Waals surface area contributed by atoms with Crippen molar-refractivity contribution in [1.82, 2.24) is 5.32 Å². The fourth-order valence-corrected chi connectivity index (χ4v) is 3.00. The summed E-state index contributed by atoms with van der Waals surface area (Å²) in [4.78, 5) is 12.4. The Morgan fingerprint density at radius 1 is 1.26 bits per heavy atom. The second-order valence-electron chi connectivity index (χ2n) is 5.59. The fourth-order valence-electron chi connectivity index (χ4n) is 3.00. The SMILES string of the molecule is Cl.NCC(NC(=O)c1ccccc1OC(F)F)C1CCCCC1. The lowest BCUT2D eigenvalue weighted by atomic mass is 9.84. The number of carbonyl (C=O) groups is 1. The van der Waals surface area contributed by atoms with Crippen LogP contribution in [0.5, 0.6) is 5.75 Å². The van der Waals surface area contributed by atoms with Crippen molar-refractivity contribution in [3.8, 4) is 5.75 Å². The molecule has 130 valence electrons. The highest BCUT2D eigenvalue weighted by atomic mass is 35.5. The Morgan fingerprint density at radius 3 is 2.52 bits per heavy atom. The van der Waals surface area contributed by atoms with Gasteiger partial charge in [-0.2, -0.15) is 8.78 Å². The van der Waals surface area contributed by atoms with E-state index < -0.39 is 12.5 Å². The van der Waals surface area contributed by atoms with Crippen LogP contribution in [0.3, 0.4) is 0 Å². The van der Waals surface area contributed by atoms with E-state index >= 15 is 0 Å². The van der Waals surface area contributed by atoms with Crippen LogP contribution in [0.25, 0.3) is 0 Å². The molecule has 0 heterocycles. The summed E-state index contributed by atoms with van der Waals surface area (Å²) in [5.41, 5.74) is 5.89. The minimum absolute atomic E-state index is 0. The number of nitrogens with one attached hydrogen (secondary N) is 1. The summed E-state index contributed by atoms with van der Waals surface area (Å²) in [5, 5.41) is 2.88. The van der Waals surface area contributed by atoms with Gasteiger partial charge in [0.15, 0.2) is 0 Å². The van der Waals surface area contributed by atoms with Gasteiger partial charge in [0.05, 0.1) is 5.56 Å².